The molecule has 1 fully saturated rings. The molecule has 0 unspecified atom stereocenters. The number of hydrogen-bond donors (Lipinski definition) is 2. The highest BCUT2D eigenvalue weighted by atomic mass is 127. The van der Waals surface area contributed by atoms with Crippen molar-refractivity contribution in [3.63, 3.8) is 0 Å². The normalized spacial score (nSPS) is 14.9. The third-order valence-electron chi connectivity index (χ3n) is 4.92. The number of hydrogen-bond acceptors (Lipinski definition) is 3. The second-order valence-electron chi connectivity index (χ2n) is 7.04. The number of aliphatic imine (C=N–C) groups is 1. The molecule has 2 aromatic carbocycles. The minimum absolute atomic E-state index is 0. The SMILES string of the molecule is CCNC(=NCCOCc1ccccc1)NC1CCN(c2ccccc2)CC1.I. The third-order valence-corrected chi connectivity index (χ3v) is 4.92. The zero-order valence-electron chi connectivity index (χ0n) is 17.2. The molecule has 0 amide bonds. The zero-order valence-corrected chi connectivity index (χ0v) is 19.5. The summed E-state index contributed by atoms with van der Waals surface area (Å²) in [4.78, 5) is 7.13. The van der Waals surface area contributed by atoms with E-state index in [2.05, 4.69) is 69.9 Å². The fourth-order valence-corrected chi connectivity index (χ4v) is 3.42. The monoisotopic (exact) mass is 508 g/mol. The van der Waals surface area contributed by atoms with Crippen LogP contribution in [0.4, 0.5) is 5.69 Å². The smallest absolute Gasteiger partial charge is 0.191 e. The molecular formula is C23H33IN4O. The number of nitrogens with one attached hydrogen (secondary N) is 2. The highest BCUT2D eigenvalue weighted by molar-refractivity contribution is 14.0. The fourth-order valence-electron chi connectivity index (χ4n) is 3.42. The molecule has 158 valence electrons. The number of piperidine rings is 1. The second-order valence-corrected chi connectivity index (χ2v) is 7.04. The minimum Gasteiger partial charge on any atom is -0.375 e. The van der Waals surface area contributed by atoms with E-state index in [9.17, 15) is 0 Å². The highest BCUT2D eigenvalue weighted by Gasteiger charge is 2.20. The zero-order chi connectivity index (χ0) is 19.4. The summed E-state index contributed by atoms with van der Waals surface area (Å²) in [5.41, 5.74) is 2.51. The standard InChI is InChI=1S/C23H32N4O.HI/c1-2-24-23(25-15-18-28-19-20-9-5-3-6-10-20)26-21-13-16-27(17-14-21)22-11-7-4-8-12-22;/h3-12,21H,2,13-19H2,1H3,(H2,24,25,26);1H. The number of benzene rings is 2. The largest absolute Gasteiger partial charge is 0.375 e. The average Bonchev–Trinajstić information content (AvgIpc) is 2.75. The second kappa shape index (κ2) is 13.4. The maximum Gasteiger partial charge on any atom is 0.191 e. The van der Waals surface area contributed by atoms with Gasteiger partial charge in [0.05, 0.1) is 19.8 Å². The van der Waals surface area contributed by atoms with Crippen molar-refractivity contribution in [2.75, 3.05) is 37.7 Å². The van der Waals surface area contributed by atoms with Crippen molar-refractivity contribution in [2.45, 2.75) is 32.4 Å². The Balaban J connectivity index is 0.00000300. The number of halogens is 1. The van der Waals surface area contributed by atoms with Gasteiger partial charge in [-0.2, -0.15) is 0 Å². The molecule has 0 aliphatic carbocycles. The Morgan fingerprint density at radius 1 is 1.03 bits per heavy atom. The molecule has 2 aromatic rings. The quantitative estimate of drug-likeness (QED) is 0.245. The van der Waals surface area contributed by atoms with Crippen molar-refractivity contribution in [1.82, 2.24) is 10.6 Å². The predicted octanol–water partition coefficient (Wildman–Crippen LogP) is 4.05. The Labute approximate surface area is 192 Å². The van der Waals surface area contributed by atoms with Gasteiger partial charge < -0.3 is 20.3 Å². The Bertz CT molecular complexity index is 703. The molecule has 0 bridgehead atoms. The predicted molar refractivity (Wildman–Crippen MR) is 132 cm³/mol. The summed E-state index contributed by atoms with van der Waals surface area (Å²) in [7, 11) is 0. The lowest BCUT2D eigenvalue weighted by Crippen LogP contribution is -2.48. The number of anilines is 1. The molecule has 1 saturated heterocycles. The first-order chi connectivity index (χ1) is 13.8. The summed E-state index contributed by atoms with van der Waals surface area (Å²) >= 11 is 0. The van der Waals surface area contributed by atoms with Crippen molar-refractivity contribution >= 4 is 35.6 Å². The third kappa shape index (κ3) is 8.22. The fraction of sp³-hybridized carbons (Fsp3) is 0.435. The van der Waals surface area contributed by atoms with Crippen LogP contribution in [0.3, 0.4) is 0 Å². The molecule has 6 heteroatoms. The van der Waals surface area contributed by atoms with Crippen LogP contribution in [0.1, 0.15) is 25.3 Å². The van der Waals surface area contributed by atoms with E-state index in [1.165, 1.54) is 11.3 Å². The van der Waals surface area contributed by atoms with E-state index in [1.54, 1.807) is 0 Å². The van der Waals surface area contributed by atoms with Crippen LogP contribution in [0.2, 0.25) is 0 Å². The van der Waals surface area contributed by atoms with Crippen LogP contribution in [0.25, 0.3) is 0 Å². The molecule has 0 aromatic heterocycles. The van der Waals surface area contributed by atoms with Gasteiger partial charge in [-0.3, -0.25) is 4.99 Å². The van der Waals surface area contributed by atoms with Gasteiger partial charge in [0, 0.05) is 31.4 Å². The molecule has 0 spiro atoms. The van der Waals surface area contributed by atoms with E-state index in [1.807, 2.05) is 18.2 Å². The highest BCUT2D eigenvalue weighted by Crippen LogP contribution is 2.19. The first-order valence-electron chi connectivity index (χ1n) is 10.3. The van der Waals surface area contributed by atoms with E-state index in [0.717, 1.165) is 38.4 Å². The van der Waals surface area contributed by atoms with Crippen LogP contribution in [0, 0.1) is 0 Å². The van der Waals surface area contributed by atoms with Gasteiger partial charge in [0.2, 0.25) is 0 Å². The molecule has 29 heavy (non-hydrogen) atoms. The van der Waals surface area contributed by atoms with Gasteiger partial charge in [0.25, 0.3) is 0 Å². The number of nitrogens with zero attached hydrogens (tertiary/aromatic N) is 2. The van der Waals surface area contributed by atoms with Crippen LogP contribution in [0.5, 0.6) is 0 Å². The molecule has 1 heterocycles. The molecule has 0 saturated carbocycles. The number of guanidine groups is 1. The van der Waals surface area contributed by atoms with Crippen molar-refractivity contribution in [2.24, 2.45) is 4.99 Å². The van der Waals surface area contributed by atoms with Gasteiger partial charge in [-0.1, -0.05) is 48.5 Å². The summed E-state index contributed by atoms with van der Waals surface area (Å²) in [5.74, 6) is 0.893. The molecule has 1 aliphatic rings. The summed E-state index contributed by atoms with van der Waals surface area (Å²) in [6, 6.07) is 21.4. The Kier molecular flexibility index (Phi) is 10.9. The summed E-state index contributed by atoms with van der Waals surface area (Å²) in [6.07, 6.45) is 2.23. The van der Waals surface area contributed by atoms with Crippen LogP contribution in [-0.2, 0) is 11.3 Å². The molecule has 0 radical (unpaired) electrons. The maximum absolute atomic E-state index is 5.73. The van der Waals surface area contributed by atoms with Crippen molar-refractivity contribution in [3.8, 4) is 0 Å². The first-order valence-corrected chi connectivity index (χ1v) is 10.3. The van der Waals surface area contributed by atoms with Gasteiger partial charge in [-0.15, -0.1) is 24.0 Å². The lowest BCUT2D eigenvalue weighted by atomic mass is 10.0. The van der Waals surface area contributed by atoms with Crippen LogP contribution < -0.4 is 15.5 Å². The van der Waals surface area contributed by atoms with E-state index in [-0.39, 0.29) is 24.0 Å². The number of rotatable bonds is 8. The molecule has 3 rings (SSSR count). The molecule has 5 nitrogen and oxygen atoms in total. The van der Waals surface area contributed by atoms with E-state index in [0.29, 0.717) is 25.8 Å². The summed E-state index contributed by atoms with van der Waals surface area (Å²) in [5, 5.41) is 6.95. The number of ether oxygens (including phenoxy) is 1. The molecule has 2 N–H and O–H groups in total. The minimum atomic E-state index is 0. The topological polar surface area (TPSA) is 48.9 Å². The lowest BCUT2D eigenvalue weighted by molar-refractivity contribution is 0.128. The average molecular weight is 508 g/mol. The summed E-state index contributed by atoms with van der Waals surface area (Å²) < 4.78 is 5.73. The van der Waals surface area contributed by atoms with Crippen molar-refractivity contribution in [3.05, 3.63) is 66.2 Å². The number of para-hydroxylation sites is 1. The Hall–Kier alpha value is -1.80. The summed E-state index contributed by atoms with van der Waals surface area (Å²) in [6.45, 7) is 7.02. The lowest BCUT2D eigenvalue weighted by Gasteiger charge is -2.34. The Morgan fingerprint density at radius 2 is 1.69 bits per heavy atom. The van der Waals surface area contributed by atoms with Gasteiger partial charge in [0.1, 0.15) is 0 Å². The van der Waals surface area contributed by atoms with Crippen LogP contribution in [-0.4, -0.2) is 44.8 Å². The van der Waals surface area contributed by atoms with Crippen LogP contribution >= 0.6 is 24.0 Å². The first kappa shape index (κ1) is 23.5. The van der Waals surface area contributed by atoms with Crippen LogP contribution in [0.15, 0.2) is 65.7 Å². The van der Waals surface area contributed by atoms with Crippen molar-refractivity contribution < 1.29 is 4.74 Å². The van der Waals surface area contributed by atoms with Crippen molar-refractivity contribution in [1.29, 1.82) is 0 Å². The van der Waals surface area contributed by atoms with Gasteiger partial charge in [-0.05, 0) is 37.5 Å². The van der Waals surface area contributed by atoms with Gasteiger partial charge in [-0.25, -0.2) is 0 Å². The molecule has 1 aliphatic heterocycles. The van der Waals surface area contributed by atoms with Gasteiger partial charge in [0.15, 0.2) is 5.96 Å². The Morgan fingerprint density at radius 3 is 2.34 bits per heavy atom. The molecule has 0 atom stereocenters. The molecular weight excluding hydrogens is 475 g/mol. The van der Waals surface area contributed by atoms with E-state index in [4.69, 9.17) is 4.74 Å². The van der Waals surface area contributed by atoms with E-state index < -0.39 is 0 Å². The maximum atomic E-state index is 5.73. The van der Waals surface area contributed by atoms with Gasteiger partial charge >= 0.3 is 0 Å². The van der Waals surface area contributed by atoms with E-state index >= 15 is 0 Å².